The molecule has 27 heavy (non-hydrogen) atoms. The molecule has 3 aromatic rings. The Balaban J connectivity index is 0.00000210. The number of nitrogens with zero attached hydrogens (tertiary/aromatic N) is 3. The number of furan rings is 1. The number of aromatic nitrogens is 1. The highest BCUT2D eigenvalue weighted by atomic mass is 35.5. The maximum atomic E-state index is 13.0. The summed E-state index contributed by atoms with van der Waals surface area (Å²) in [5.74, 6) is 0.123. The van der Waals surface area contributed by atoms with Gasteiger partial charge < -0.3 is 9.15 Å². The third-order valence-electron chi connectivity index (χ3n) is 4.29. The number of benzene rings is 1. The van der Waals surface area contributed by atoms with Gasteiger partial charge in [-0.05, 0) is 30.3 Å². The second-order valence-electron chi connectivity index (χ2n) is 6.00. The number of anilines is 1. The molecule has 1 aliphatic heterocycles. The summed E-state index contributed by atoms with van der Waals surface area (Å²) in [5, 5.41) is 1.31. The van der Waals surface area contributed by atoms with Crippen LogP contribution in [-0.4, -0.2) is 55.2 Å². The minimum atomic E-state index is -0.187. The first-order chi connectivity index (χ1) is 12.7. The van der Waals surface area contributed by atoms with Crippen LogP contribution in [0.25, 0.3) is 10.2 Å². The quantitative estimate of drug-likeness (QED) is 0.616. The van der Waals surface area contributed by atoms with E-state index in [1.54, 1.807) is 23.1 Å². The van der Waals surface area contributed by atoms with Gasteiger partial charge in [0.1, 0.15) is 0 Å². The Morgan fingerprint density at radius 1 is 1.30 bits per heavy atom. The molecule has 3 heterocycles. The summed E-state index contributed by atoms with van der Waals surface area (Å²) in [6, 6.07) is 8.93. The lowest BCUT2D eigenvalue weighted by Crippen LogP contribution is -2.43. The molecule has 144 valence electrons. The van der Waals surface area contributed by atoms with E-state index in [1.807, 2.05) is 12.1 Å². The Bertz CT molecular complexity index is 895. The predicted molar refractivity (Wildman–Crippen MR) is 110 cm³/mol. The van der Waals surface area contributed by atoms with Crippen molar-refractivity contribution >= 4 is 56.6 Å². The fourth-order valence-corrected chi connectivity index (χ4v) is 4.15. The van der Waals surface area contributed by atoms with E-state index in [1.165, 1.54) is 17.6 Å². The Labute approximate surface area is 172 Å². The van der Waals surface area contributed by atoms with E-state index in [2.05, 4.69) is 9.88 Å². The van der Waals surface area contributed by atoms with Gasteiger partial charge in [0, 0.05) is 31.2 Å². The first-order valence-corrected chi connectivity index (χ1v) is 9.62. The SMILES string of the molecule is Cl.O=C(c1ccco1)N(CCN1CCOCC1)c1nc2ccc(Cl)cc2s1. The summed E-state index contributed by atoms with van der Waals surface area (Å²) < 4.78 is 11.7. The molecular weight excluding hydrogens is 409 g/mol. The molecule has 0 radical (unpaired) electrons. The summed E-state index contributed by atoms with van der Waals surface area (Å²) in [6.45, 7) is 4.49. The van der Waals surface area contributed by atoms with Crippen LogP contribution in [0, 0.1) is 0 Å². The van der Waals surface area contributed by atoms with E-state index in [-0.39, 0.29) is 18.3 Å². The number of hydrogen-bond donors (Lipinski definition) is 0. The fraction of sp³-hybridized carbons (Fsp3) is 0.333. The summed E-state index contributed by atoms with van der Waals surface area (Å²) in [5.41, 5.74) is 0.831. The zero-order chi connectivity index (χ0) is 17.9. The molecule has 0 bridgehead atoms. The third-order valence-corrected chi connectivity index (χ3v) is 5.57. The highest BCUT2D eigenvalue weighted by Crippen LogP contribution is 2.31. The smallest absolute Gasteiger partial charge is 0.295 e. The Morgan fingerprint density at radius 3 is 2.85 bits per heavy atom. The van der Waals surface area contributed by atoms with Crippen LogP contribution in [0.15, 0.2) is 41.0 Å². The van der Waals surface area contributed by atoms with Crippen molar-refractivity contribution in [2.75, 3.05) is 44.3 Å². The lowest BCUT2D eigenvalue weighted by atomic mass is 10.3. The van der Waals surface area contributed by atoms with Gasteiger partial charge in [-0.2, -0.15) is 0 Å². The van der Waals surface area contributed by atoms with Gasteiger partial charge in [-0.1, -0.05) is 22.9 Å². The first kappa shape index (κ1) is 20.1. The zero-order valence-corrected chi connectivity index (χ0v) is 16.9. The molecule has 1 saturated heterocycles. The van der Waals surface area contributed by atoms with Crippen molar-refractivity contribution in [1.82, 2.24) is 9.88 Å². The van der Waals surface area contributed by atoms with Crippen molar-refractivity contribution in [3.8, 4) is 0 Å². The van der Waals surface area contributed by atoms with E-state index in [0.717, 1.165) is 43.1 Å². The van der Waals surface area contributed by atoms with Crippen LogP contribution in [0.5, 0.6) is 0 Å². The van der Waals surface area contributed by atoms with Crippen LogP contribution in [0.2, 0.25) is 5.02 Å². The average molecular weight is 428 g/mol. The van der Waals surface area contributed by atoms with E-state index in [9.17, 15) is 4.79 Å². The highest BCUT2D eigenvalue weighted by molar-refractivity contribution is 7.22. The fourth-order valence-electron chi connectivity index (χ4n) is 2.89. The summed E-state index contributed by atoms with van der Waals surface area (Å²) in [6.07, 6.45) is 1.51. The van der Waals surface area contributed by atoms with Crippen LogP contribution < -0.4 is 4.90 Å². The number of amides is 1. The van der Waals surface area contributed by atoms with Crippen molar-refractivity contribution in [3.05, 3.63) is 47.4 Å². The molecule has 0 unspecified atom stereocenters. The Hall–Kier alpha value is -1.64. The van der Waals surface area contributed by atoms with Crippen molar-refractivity contribution in [3.63, 3.8) is 0 Å². The first-order valence-electron chi connectivity index (χ1n) is 8.42. The Kier molecular flexibility index (Phi) is 6.73. The molecule has 1 fully saturated rings. The van der Waals surface area contributed by atoms with Gasteiger partial charge in [0.05, 0.1) is 29.7 Å². The van der Waals surface area contributed by atoms with Crippen LogP contribution in [-0.2, 0) is 4.74 Å². The van der Waals surface area contributed by atoms with E-state index >= 15 is 0 Å². The Morgan fingerprint density at radius 2 is 2.11 bits per heavy atom. The van der Waals surface area contributed by atoms with Crippen molar-refractivity contribution in [2.45, 2.75) is 0 Å². The van der Waals surface area contributed by atoms with Gasteiger partial charge in [0.15, 0.2) is 10.9 Å². The molecule has 1 aliphatic rings. The van der Waals surface area contributed by atoms with Crippen LogP contribution in [0.1, 0.15) is 10.6 Å². The van der Waals surface area contributed by atoms with Gasteiger partial charge in [0.2, 0.25) is 0 Å². The summed E-state index contributed by atoms with van der Waals surface area (Å²) >= 11 is 7.54. The van der Waals surface area contributed by atoms with Crippen LogP contribution in [0.4, 0.5) is 5.13 Å². The molecule has 4 rings (SSSR count). The van der Waals surface area contributed by atoms with Crippen LogP contribution in [0.3, 0.4) is 0 Å². The van der Waals surface area contributed by atoms with Gasteiger partial charge in [-0.15, -0.1) is 12.4 Å². The molecule has 0 aliphatic carbocycles. The number of carbonyl (C=O) groups excluding carboxylic acids is 1. The minimum absolute atomic E-state index is 0. The lowest BCUT2D eigenvalue weighted by Gasteiger charge is -2.28. The van der Waals surface area contributed by atoms with Crippen molar-refractivity contribution in [2.24, 2.45) is 0 Å². The number of halogens is 2. The van der Waals surface area contributed by atoms with E-state index in [0.29, 0.717) is 22.5 Å². The minimum Gasteiger partial charge on any atom is -0.459 e. The van der Waals surface area contributed by atoms with Crippen LogP contribution >= 0.6 is 35.3 Å². The third kappa shape index (κ3) is 4.62. The second kappa shape index (κ2) is 9.03. The number of fused-ring (bicyclic) bond motifs is 1. The maximum Gasteiger partial charge on any atom is 0.295 e. The average Bonchev–Trinajstić information content (AvgIpc) is 3.32. The molecular formula is C18H19Cl2N3O3S. The number of hydrogen-bond acceptors (Lipinski definition) is 6. The monoisotopic (exact) mass is 427 g/mol. The van der Waals surface area contributed by atoms with Gasteiger partial charge >= 0.3 is 0 Å². The predicted octanol–water partition coefficient (Wildman–Crippen LogP) is 3.94. The number of morpholine rings is 1. The van der Waals surface area contributed by atoms with Gasteiger partial charge in [-0.25, -0.2) is 4.98 Å². The molecule has 1 amide bonds. The molecule has 0 N–H and O–H groups in total. The molecule has 6 nitrogen and oxygen atoms in total. The maximum absolute atomic E-state index is 13.0. The number of thiazole rings is 1. The summed E-state index contributed by atoms with van der Waals surface area (Å²) in [4.78, 5) is 21.6. The highest BCUT2D eigenvalue weighted by Gasteiger charge is 2.24. The van der Waals surface area contributed by atoms with Gasteiger partial charge in [0.25, 0.3) is 5.91 Å². The zero-order valence-electron chi connectivity index (χ0n) is 14.5. The number of carbonyl (C=O) groups is 1. The largest absolute Gasteiger partial charge is 0.459 e. The molecule has 2 aromatic heterocycles. The normalized spacial score (nSPS) is 14.9. The molecule has 1 aromatic carbocycles. The number of rotatable bonds is 5. The summed E-state index contributed by atoms with van der Waals surface area (Å²) in [7, 11) is 0. The lowest BCUT2D eigenvalue weighted by molar-refractivity contribution is 0.0390. The van der Waals surface area contributed by atoms with Gasteiger partial charge in [-0.3, -0.25) is 14.6 Å². The molecule has 9 heteroatoms. The van der Waals surface area contributed by atoms with Crippen molar-refractivity contribution < 1.29 is 13.9 Å². The van der Waals surface area contributed by atoms with E-state index < -0.39 is 0 Å². The second-order valence-corrected chi connectivity index (χ2v) is 7.44. The molecule has 0 spiro atoms. The van der Waals surface area contributed by atoms with Crippen molar-refractivity contribution in [1.29, 1.82) is 0 Å². The topological polar surface area (TPSA) is 58.8 Å². The number of ether oxygens (including phenoxy) is 1. The standard InChI is InChI=1S/C18H18ClN3O3S.ClH/c19-13-3-4-14-16(12-13)26-18(20-14)22(17(23)15-2-1-9-25-15)6-5-21-7-10-24-11-8-21;/h1-4,9,12H,5-8,10-11H2;1H. The molecule has 0 saturated carbocycles. The van der Waals surface area contributed by atoms with E-state index in [4.69, 9.17) is 20.8 Å². The molecule has 0 atom stereocenters.